The fourth-order valence-electron chi connectivity index (χ4n) is 3.40. The van der Waals surface area contributed by atoms with Gasteiger partial charge in [0.15, 0.2) is 5.69 Å². The van der Waals surface area contributed by atoms with Crippen molar-refractivity contribution >= 4 is 23.2 Å². The zero-order valence-corrected chi connectivity index (χ0v) is 18.9. The number of rotatable bonds is 5. The first-order chi connectivity index (χ1) is 16.5. The molecule has 35 heavy (non-hydrogen) atoms. The van der Waals surface area contributed by atoms with Gasteiger partial charge in [-0.15, -0.1) is 0 Å². The Balaban J connectivity index is 1.61. The molecule has 0 bridgehead atoms. The molecule has 0 saturated heterocycles. The first-order valence-corrected chi connectivity index (χ1v) is 10.4. The van der Waals surface area contributed by atoms with Crippen LogP contribution in [0.25, 0.3) is 5.69 Å². The molecule has 0 spiro atoms. The highest BCUT2D eigenvalue weighted by Crippen LogP contribution is 2.33. The molecule has 2 aromatic carbocycles. The number of anilines is 2. The average molecular weight is 483 g/mol. The Morgan fingerprint density at radius 2 is 1.74 bits per heavy atom. The van der Waals surface area contributed by atoms with E-state index in [9.17, 15) is 22.8 Å². The van der Waals surface area contributed by atoms with Crippen LogP contribution in [-0.4, -0.2) is 26.5 Å². The topological polar surface area (TPSA) is 102 Å². The third kappa shape index (κ3) is 5.24. The zero-order chi connectivity index (χ0) is 25.3. The Morgan fingerprint density at radius 1 is 0.971 bits per heavy atom. The summed E-state index contributed by atoms with van der Waals surface area (Å²) in [6.45, 7) is 5.03. The Morgan fingerprint density at radius 3 is 2.37 bits per heavy atom. The second-order valence-corrected chi connectivity index (χ2v) is 7.87. The number of carbonyl (C=O) groups excluding carboxylic acids is 2. The number of aryl methyl sites for hydroxylation is 3. The second kappa shape index (κ2) is 9.09. The van der Waals surface area contributed by atoms with E-state index in [0.717, 1.165) is 12.1 Å². The molecule has 4 rings (SSSR count). The van der Waals surface area contributed by atoms with Crippen LogP contribution in [-0.2, 0) is 6.18 Å². The Hall–Kier alpha value is -4.41. The number of amides is 2. The molecule has 0 aliphatic heterocycles. The van der Waals surface area contributed by atoms with E-state index in [1.165, 1.54) is 41.2 Å². The summed E-state index contributed by atoms with van der Waals surface area (Å²) in [7, 11) is 0. The van der Waals surface area contributed by atoms with Crippen molar-refractivity contribution in [3.05, 3.63) is 88.8 Å². The molecule has 2 amide bonds. The van der Waals surface area contributed by atoms with Gasteiger partial charge in [0.25, 0.3) is 11.8 Å². The van der Waals surface area contributed by atoms with Crippen LogP contribution < -0.4 is 10.6 Å². The van der Waals surface area contributed by atoms with Gasteiger partial charge in [-0.1, -0.05) is 11.2 Å². The minimum Gasteiger partial charge on any atom is -0.361 e. The predicted molar refractivity (Wildman–Crippen MR) is 122 cm³/mol. The van der Waals surface area contributed by atoms with Crippen molar-refractivity contribution in [2.45, 2.75) is 26.9 Å². The standard InChI is InChI=1S/C24H20F3N5O3/c1-13-4-5-16(9-20(13)30-23(34)21-8-14(2)35-31-21)22(33)29-18-10-17(24(25,26)27)11-19(12-18)32-7-6-28-15(32)3/h4-12H,1-3H3,(H,29,33)(H,30,34). The van der Waals surface area contributed by atoms with Crippen LogP contribution >= 0.6 is 0 Å². The molecule has 8 nitrogen and oxygen atoms in total. The van der Waals surface area contributed by atoms with Gasteiger partial charge in [-0.25, -0.2) is 4.98 Å². The normalized spacial score (nSPS) is 11.4. The molecule has 2 N–H and O–H groups in total. The third-order valence-corrected chi connectivity index (χ3v) is 5.22. The smallest absolute Gasteiger partial charge is 0.361 e. The fraction of sp³-hybridized carbons (Fsp3) is 0.167. The molecule has 0 fully saturated rings. The van der Waals surface area contributed by atoms with Crippen LogP contribution in [0.2, 0.25) is 0 Å². The van der Waals surface area contributed by atoms with Gasteiger partial charge < -0.3 is 19.7 Å². The number of hydrogen-bond donors (Lipinski definition) is 2. The Bertz CT molecular complexity index is 1420. The maximum absolute atomic E-state index is 13.5. The average Bonchev–Trinajstić information content (AvgIpc) is 3.42. The summed E-state index contributed by atoms with van der Waals surface area (Å²) in [5.41, 5.74) is 0.470. The van der Waals surface area contributed by atoms with Gasteiger partial charge in [-0.05, 0) is 56.7 Å². The fourth-order valence-corrected chi connectivity index (χ4v) is 3.40. The summed E-state index contributed by atoms with van der Waals surface area (Å²) in [5.74, 6) is -0.222. The lowest BCUT2D eigenvalue weighted by atomic mass is 10.1. The molecular weight excluding hydrogens is 463 g/mol. The van der Waals surface area contributed by atoms with E-state index in [-0.39, 0.29) is 22.6 Å². The molecule has 180 valence electrons. The highest BCUT2D eigenvalue weighted by molar-refractivity contribution is 6.07. The van der Waals surface area contributed by atoms with Crippen molar-refractivity contribution < 1.29 is 27.3 Å². The third-order valence-electron chi connectivity index (χ3n) is 5.22. The highest BCUT2D eigenvalue weighted by atomic mass is 19.4. The quantitative estimate of drug-likeness (QED) is 0.401. The lowest BCUT2D eigenvalue weighted by Gasteiger charge is -2.15. The molecular formula is C24H20F3N5O3. The number of benzene rings is 2. The van der Waals surface area contributed by atoms with E-state index in [0.29, 0.717) is 22.8 Å². The summed E-state index contributed by atoms with van der Waals surface area (Å²) in [6, 6.07) is 9.29. The number of imidazole rings is 1. The van der Waals surface area contributed by atoms with Crippen molar-refractivity contribution in [3.8, 4) is 5.69 Å². The van der Waals surface area contributed by atoms with Gasteiger partial charge in [0.05, 0.1) is 5.56 Å². The molecule has 0 unspecified atom stereocenters. The van der Waals surface area contributed by atoms with Crippen LogP contribution in [0.1, 0.15) is 43.6 Å². The maximum atomic E-state index is 13.5. The molecule has 0 aliphatic carbocycles. The molecule has 0 saturated carbocycles. The number of aromatic nitrogens is 3. The Labute approximate surface area is 197 Å². The number of nitrogens with one attached hydrogen (secondary N) is 2. The van der Waals surface area contributed by atoms with Crippen LogP contribution in [0.5, 0.6) is 0 Å². The van der Waals surface area contributed by atoms with Gasteiger partial charge in [0.1, 0.15) is 11.6 Å². The molecule has 0 atom stereocenters. The molecule has 0 aliphatic rings. The zero-order valence-electron chi connectivity index (χ0n) is 18.9. The first-order valence-electron chi connectivity index (χ1n) is 10.4. The van der Waals surface area contributed by atoms with Crippen molar-refractivity contribution in [2.75, 3.05) is 10.6 Å². The SMILES string of the molecule is Cc1cc(C(=O)Nc2cc(C(=O)Nc3cc(-n4ccnc4C)cc(C(F)(F)F)c3)ccc2C)no1. The Kier molecular flexibility index (Phi) is 6.16. The predicted octanol–water partition coefficient (Wildman–Crippen LogP) is 5.31. The number of carbonyl (C=O) groups is 2. The van der Waals surface area contributed by atoms with E-state index in [2.05, 4.69) is 20.8 Å². The van der Waals surface area contributed by atoms with Crippen molar-refractivity contribution in [1.29, 1.82) is 0 Å². The molecule has 2 aromatic heterocycles. The minimum atomic E-state index is -4.62. The van der Waals surface area contributed by atoms with E-state index < -0.39 is 23.6 Å². The second-order valence-electron chi connectivity index (χ2n) is 7.87. The maximum Gasteiger partial charge on any atom is 0.416 e. The van der Waals surface area contributed by atoms with Gasteiger partial charge in [0.2, 0.25) is 0 Å². The van der Waals surface area contributed by atoms with Crippen molar-refractivity contribution in [2.24, 2.45) is 0 Å². The van der Waals surface area contributed by atoms with Gasteiger partial charge in [0, 0.05) is 41.1 Å². The van der Waals surface area contributed by atoms with Crippen LogP contribution in [0.4, 0.5) is 24.5 Å². The summed E-state index contributed by atoms with van der Waals surface area (Å²) < 4.78 is 46.9. The van der Waals surface area contributed by atoms with E-state index in [1.807, 2.05) is 0 Å². The number of hydrogen-bond acceptors (Lipinski definition) is 5. The molecule has 2 heterocycles. The lowest BCUT2D eigenvalue weighted by molar-refractivity contribution is -0.137. The molecule has 11 heteroatoms. The van der Waals surface area contributed by atoms with Crippen molar-refractivity contribution in [3.63, 3.8) is 0 Å². The lowest BCUT2D eigenvalue weighted by Crippen LogP contribution is -2.16. The number of nitrogens with zero attached hydrogens (tertiary/aromatic N) is 3. The van der Waals surface area contributed by atoms with Gasteiger partial charge >= 0.3 is 6.18 Å². The number of alkyl halides is 3. The van der Waals surface area contributed by atoms with E-state index in [4.69, 9.17) is 4.52 Å². The number of halogens is 3. The van der Waals surface area contributed by atoms with Crippen LogP contribution in [0, 0.1) is 20.8 Å². The highest BCUT2D eigenvalue weighted by Gasteiger charge is 2.31. The van der Waals surface area contributed by atoms with Crippen LogP contribution in [0.3, 0.4) is 0 Å². The minimum absolute atomic E-state index is 0.0443. The largest absolute Gasteiger partial charge is 0.416 e. The molecule has 0 radical (unpaired) electrons. The van der Waals surface area contributed by atoms with E-state index >= 15 is 0 Å². The van der Waals surface area contributed by atoms with Crippen molar-refractivity contribution in [1.82, 2.24) is 14.7 Å². The monoisotopic (exact) mass is 483 g/mol. The summed E-state index contributed by atoms with van der Waals surface area (Å²) in [6.07, 6.45) is -1.62. The first kappa shape index (κ1) is 23.7. The van der Waals surface area contributed by atoms with E-state index in [1.54, 1.807) is 26.8 Å². The summed E-state index contributed by atoms with van der Waals surface area (Å²) >= 11 is 0. The van der Waals surface area contributed by atoms with Gasteiger partial charge in [-0.2, -0.15) is 13.2 Å². The summed E-state index contributed by atoms with van der Waals surface area (Å²) in [4.78, 5) is 29.4. The van der Waals surface area contributed by atoms with Crippen LogP contribution in [0.15, 0.2) is 59.4 Å². The van der Waals surface area contributed by atoms with Gasteiger partial charge in [-0.3, -0.25) is 9.59 Å². The summed E-state index contributed by atoms with van der Waals surface area (Å²) in [5, 5.41) is 8.83. The molecule has 4 aromatic rings.